The molecule has 1 aliphatic rings. The van der Waals surface area contributed by atoms with Crippen LogP contribution in [0.25, 0.3) is 11.1 Å². The lowest BCUT2D eigenvalue weighted by molar-refractivity contribution is 0.0186. The Morgan fingerprint density at radius 3 is 2.52 bits per heavy atom. The molecule has 0 aromatic heterocycles. The van der Waals surface area contributed by atoms with Crippen LogP contribution < -0.4 is 0 Å². The number of rotatable bonds is 5. The van der Waals surface area contributed by atoms with E-state index in [1.165, 1.54) is 5.56 Å². The van der Waals surface area contributed by atoms with Crippen molar-refractivity contribution in [3.05, 3.63) is 53.6 Å². The minimum Gasteiger partial charge on any atom is -0.507 e. The summed E-state index contributed by atoms with van der Waals surface area (Å²) in [6.07, 6.45) is 0.921. The third-order valence-corrected chi connectivity index (χ3v) is 5.80. The zero-order valence-corrected chi connectivity index (χ0v) is 16.1. The average Bonchev–Trinajstić information content (AvgIpc) is 2.66. The van der Waals surface area contributed by atoms with Crippen LogP contribution in [0.15, 0.2) is 42.5 Å². The van der Waals surface area contributed by atoms with Crippen LogP contribution in [0.1, 0.15) is 37.8 Å². The highest BCUT2D eigenvalue weighted by molar-refractivity contribution is 5.70. The van der Waals surface area contributed by atoms with Gasteiger partial charge in [-0.2, -0.15) is 5.26 Å². The molecule has 0 radical (unpaired) electrons. The number of nitrogens with zero attached hydrogens (tertiary/aromatic N) is 2. The molecule has 3 rings (SSSR count). The number of hydrogen-bond donors (Lipinski definition) is 1. The van der Waals surface area contributed by atoms with Crippen LogP contribution in [0.4, 0.5) is 4.39 Å². The fraction of sp³-hybridized carbons (Fsp3) is 0.435. The van der Waals surface area contributed by atoms with Crippen molar-refractivity contribution in [2.24, 2.45) is 5.41 Å². The molecule has 142 valence electrons. The van der Waals surface area contributed by atoms with Gasteiger partial charge in [0.15, 0.2) is 0 Å². The molecule has 1 heterocycles. The quantitative estimate of drug-likeness (QED) is 0.802. The highest BCUT2D eigenvalue weighted by Crippen LogP contribution is 2.37. The molecule has 1 fully saturated rings. The number of nitriles is 1. The highest BCUT2D eigenvalue weighted by atomic mass is 19.1. The Morgan fingerprint density at radius 1 is 1.22 bits per heavy atom. The largest absolute Gasteiger partial charge is 0.507 e. The van der Waals surface area contributed by atoms with Crippen LogP contribution in [0.2, 0.25) is 0 Å². The Kier molecular flexibility index (Phi) is 5.82. The van der Waals surface area contributed by atoms with Crippen LogP contribution in [-0.2, 0) is 13.0 Å². The fourth-order valence-corrected chi connectivity index (χ4v) is 3.73. The Bertz CT molecular complexity index is 827. The van der Waals surface area contributed by atoms with E-state index in [4.69, 9.17) is 5.26 Å². The van der Waals surface area contributed by atoms with E-state index >= 15 is 0 Å². The molecule has 0 aliphatic carbocycles. The molecule has 0 spiro atoms. The summed E-state index contributed by atoms with van der Waals surface area (Å²) in [6, 6.07) is 16.0. The number of aromatic hydroxyl groups is 1. The van der Waals surface area contributed by atoms with E-state index in [2.05, 4.69) is 30.0 Å². The Balaban J connectivity index is 1.69. The highest BCUT2D eigenvalue weighted by Gasteiger charge is 2.39. The first-order chi connectivity index (χ1) is 12.9. The molecule has 2 aromatic carbocycles. The maximum absolute atomic E-state index is 14.6. The summed E-state index contributed by atoms with van der Waals surface area (Å²) in [5, 5.41) is 19.4. The monoisotopic (exact) mass is 366 g/mol. The van der Waals surface area contributed by atoms with E-state index in [-0.39, 0.29) is 12.2 Å². The van der Waals surface area contributed by atoms with Crippen LogP contribution >= 0.6 is 0 Å². The smallest absolute Gasteiger partial charge is 0.123 e. The van der Waals surface area contributed by atoms with Crippen molar-refractivity contribution < 1.29 is 9.50 Å². The number of likely N-dealkylation sites (tertiary alicyclic amines) is 1. The standard InChI is InChI=1S/C23H27FN2O/c1-3-17-4-7-19(8-5-17)20-9-6-18(14-21(20)27)15-26-13-11-23(2,10-12-25)22(24)16-26/h4-9,14,22,27H,3,10-11,13,15-16H2,1-2H3. The van der Waals surface area contributed by atoms with Crippen molar-refractivity contribution in [1.82, 2.24) is 4.90 Å². The molecule has 1 aliphatic heterocycles. The van der Waals surface area contributed by atoms with Crippen LogP contribution in [0.5, 0.6) is 5.75 Å². The molecular formula is C23H27FN2O. The normalized spacial score (nSPS) is 23.1. The third-order valence-electron chi connectivity index (χ3n) is 5.80. The third kappa shape index (κ3) is 4.31. The predicted molar refractivity (Wildman–Crippen MR) is 106 cm³/mol. The Morgan fingerprint density at radius 2 is 1.93 bits per heavy atom. The van der Waals surface area contributed by atoms with Crippen LogP contribution in [0.3, 0.4) is 0 Å². The van der Waals surface area contributed by atoms with Gasteiger partial charge in [-0.15, -0.1) is 0 Å². The lowest BCUT2D eigenvalue weighted by atomic mass is 9.76. The zero-order chi connectivity index (χ0) is 19.4. The number of hydrogen-bond acceptors (Lipinski definition) is 3. The topological polar surface area (TPSA) is 47.3 Å². The maximum atomic E-state index is 14.6. The number of halogens is 1. The molecule has 0 amide bonds. The van der Waals surface area contributed by atoms with Gasteiger partial charge in [0.25, 0.3) is 0 Å². The molecule has 4 heteroatoms. The van der Waals surface area contributed by atoms with Gasteiger partial charge < -0.3 is 5.11 Å². The van der Waals surface area contributed by atoms with Gasteiger partial charge in [-0.05, 0) is 42.1 Å². The van der Waals surface area contributed by atoms with Gasteiger partial charge >= 0.3 is 0 Å². The first kappa shape index (κ1) is 19.4. The fourth-order valence-electron chi connectivity index (χ4n) is 3.73. The predicted octanol–water partition coefficient (Wildman–Crippen LogP) is 5.09. The molecule has 2 aromatic rings. The van der Waals surface area contributed by atoms with Crippen molar-refractivity contribution in [2.45, 2.75) is 45.8 Å². The van der Waals surface area contributed by atoms with Crippen LogP contribution in [0, 0.1) is 16.7 Å². The van der Waals surface area contributed by atoms with Gasteiger partial charge in [-0.25, -0.2) is 4.39 Å². The molecule has 2 unspecified atom stereocenters. The van der Waals surface area contributed by atoms with E-state index in [0.29, 0.717) is 19.5 Å². The molecule has 1 N–H and O–H groups in total. The van der Waals surface area contributed by atoms with Crippen molar-refractivity contribution in [1.29, 1.82) is 5.26 Å². The molecule has 2 atom stereocenters. The van der Waals surface area contributed by atoms with Gasteiger partial charge in [-0.1, -0.05) is 50.2 Å². The summed E-state index contributed by atoms with van der Waals surface area (Å²) < 4.78 is 14.6. The summed E-state index contributed by atoms with van der Waals surface area (Å²) in [7, 11) is 0. The number of phenolic OH excluding ortho intramolecular Hbond substituents is 1. The summed E-state index contributed by atoms with van der Waals surface area (Å²) >= 11 is 0. The van der Waals surface area contributed by atoms with E-state index in [1.807, 2.05) is 31.2 Å². The van der Waals surface area contributed by atoms with Crippen molar-refractivity contribution in [2.75, 3.05) is 13.1 Å². The van der Waals surface area contributed by atoms with Gasteiger partial charge in [0.05, 0.1) is 6.07 Å². The van der Waals surface area contributed by atoms with Crippen molar-refractivity contribution in [3.63, 3.8) is 0 Å². The summed E-state index contributed by atoms with van der Waals surface area (Å²) in [5.74, 6) is 0.250. The Labute approximate surface area is 161 Å². The summed E-state index contributed by atoms with van der Waals surface area (Å²) in [5.41, 5.74) is 3.50. The van der Waals surface area contributed by atoms with Crippen molar-refractivity contribution >= 4 is 0 Å². The Hall–Kier alpha value is -2.38. The number of piperidine rings is 1. The van der Waals surface area contributed by atoms with Gasteiger partial charge in [0.2, 0.25) is 0 Å². The second-order valence-electron chi connectivity index (χ2n) is 7.84. The number of phenols is 1. The molecule has 3 nitrogen and oxygen atoms in total. The first-order valence-electron chi connectivity index (χ1n) is 9.60. The van der Waals surface area contributed by atoms with Crippen LogP contribution in [-0.4, -0.2) is 29.3 Å². The van der Waals surface area contributed by atoms with E-state index < -0.39 is 11.6 Å². The average molecular weight is 366 g/mol. The maximum Gasteiger partial charge on any atom is 0.123 e. The minimum atomic E-state index is -1.00. The van der Waals surface area contributed by atoms with Gasteiger partial charge in [0, 0.05) is 30.5 Å². The number of aryl methyl sites for hydroxylation is 1. The second kappa shape index (κ2) is 8.10. The molecule has 0 saturated carbocycles. The van der Waals surface area contributed by atoms with Gasteiger partial charge in [0.1, 0.15) is 11.9 Å². The molecule has 1 saturated heterocycles. The van der Waals surface area contributed by atoms with E-state index in [1.54, 1.807) is 6.07 Å². The molecular weight excluding hydrogens is 339 g/mol. The molecule has 0 bridgehead atoms. The van der Waals surface area contributed by atoms with E-state index in [9.17, 15) is 9.50 Å². The SMILES string of the molecule is CCc1ccc(-c2ccc(CN3CCC(C)(CC#N)C(F)C3)cc2O)cc1. The lowest BCUT2D eigenvalue weighted by Crippen LogP contribution is -2.47. The minimum absolute atomic E-state index is 0.250. The summed E-state index contributed by atoms with van der Waals surface area (Å²) in [6.45, 7) is 5.68. The van der Waals surface area contributed by atoms with Gasteiger partial charge in [-0.3, -0.25) is 4.90 Å². The zero-order valence-electron chi connectivity index (χ0n) is 16.1. The van der Waals surface area contributed by atoms with Crippen molar-refractivity contribution in [3.8, 4) is 22.9 Å². The molecule has 27 heavy (non-hydrogen) atoms. The first-order valence-corrected chi connectivity index (χ1v) is 9.60. The van der Waals surface area contributed by atoms with E-state index in [0.717, 1.165) is 29.7 Å². The lowest BCUT2D eigenvalue weighted by Gasteiger charge is -2.41. The number of alkyl halides is 1. The summed E-state index contributed by atoms with van der Waals surface area (Å²) in [4.78, 5) is 2.06. The number of benzene rings is 2. The second-order valence-corrected chi connectivity index (χ2v) is 7.84.